The molecule has 0 spiro atoms. The molecule has 0 heterocycles. The normalized spacial score (nSPS) is 14.2. The lowest BCUT2D eigenvalue weighted by molar-refractivity contribution is -0.870. The maximum Gasteiger partial charge on any atom is 0.472 e. The molecule has 0 aromatic rings. The first-order chi connectivity index (χ1) is 30.0. The lowest BCUT2D eigenvalue weighted by Crippen LogP contribution is -2.37. The molecule has 0 saturated heterocycles. The molecule has 10 heteroatoms. The highest BCUT2D eigenvalue weighted by molar-refractivity contribution is 7.47. The minimum absolute atomic E-state index is 0.0216. The number of phosphoric acid groups is 1. The van der Waals surface area contributed by atoms with Crippen molar-refractivity contribution in [2.24, 2.45) is 0 Å². The molecule has 0 aromatic carbocycles. The van der Waals surface area contributed by atoms with E-state index in [1.165, 1.54) is 44.9 Å². The largest absolute Gasteiger partial charge is 0.472 e. The molecule has 62 heavy (non-hydrogen) atoms. The molecule has 0 fully saturated rings. The molecular weight excluding hydrogens is 798 g/mol. The number of unbranched alkanes of at least 4 members (excludes halogenated alkanes) is 15. The molecule has 2 unspecified atom stereocenters. The Morgan fingerprint density at radius 2 is 0.919 bits per heavy atom. The third-order valence-electron chi connectivity index (χ3n) is 9.91. The number of rotatable bonds is 43. The van der Waals surface area contributed by atoms with Gasteiger partial charge in [0.1, 0.15) is 19.8 Å². The number of quaternary nitrogens is 1. The second kappa shape index (κ2) is 43.4. The highest BCUT2D eigenvalue weighted by atomic mass is 31.2. The van der Waals surface area contributed by atoms with Crippen molar-refractivity contribution in [1.82, 2.24) is 0 Å². The average molecular weight is 889 g/mol. The van der Waals surface area contributed by atoms with Gasteiger partial charge in [-0.2, -0.15) is 0 Å². The molecule has 2 atom stereocenters. The quantitative estimate of drug-likeness (QED) is 0.0212. The summed E-state index contributed by atoms with van der Waals surface area (Å²) in [5, 5.41) is 0. The summed E-state index contributed by atoms with van der Waals surface area (Å²) in [5.41, 5.74) is 0. The van der Waals surface area contributed by atoms with E-state index in [9.17, 15) is 19.0 Å². The van der Waals surface area contributed by atoms with E-state index in [-0.39, 0.29) is 32.0 Å². The van der Waals surface area contributed by atoms with Crippen molar-refractivity contribution in [3.63, 3.8) is 0 Å². The minimum atomic E-state index is -4.39. The summed E-state index contributed by atoms with van der Waals surface area (Å²) in [6.07, 6.45) is 56.2. The maximum atomic E-state index is 12.7. The molecule has 9 nitrogen and oxygen atoms in total. The van der Waals surface area contributed by atoms with Gasteiger partial charge < -0.3 is 18.9 Å². The fourth-order valence-corrected chi connectivity index (χ4v) is 6.87. The summed E-state index contributed by atoms with van der Waals surface area (Å²) in [6.45, 7) is 4.24. The number of likely N-dealkylation sites (N-methyl/N-ethyl adjacent to an activating group) is 1. The van der Waals surface area contributed by atoms with Crippen molar-refractivity contribution >= 4 is 19.8 Å². The second-order valence-corrected chi connectivity index (χ2v) is 18.6. The van der Waals surface area contributed by atoms with Crippen molar-refractivity contribution in [1.29, 1.82) is 0 Å². The van der Waals surface area contributed by atoms with Crippen LogP contribution in [0, 0.1) is 0 Å². The predicted octanol–water partition coefficient (Wildman–Crippen LogP) is 14.4. The fraction of sp³-hybridized carbons (Fsp3) is 0.692. The molecule has 1 N–H and O–H groups in total. The van der Waals surface area contributed by atoms with E-state index in [4.69, 9.17) is 18.5 Å². The van der Waals surface area contributed by atoms with Crippen LogP contribution in [0.5, 0.6) is 0 Å². The number of phosphoric ester groups is 1. The van der Waals surface area contributed by atoms with Crippen LogP contribution < -0.4 is 0 Å². The van der Waals surface area contributed by atoms with Gasteiger partial charge in [0.05, 0.1) is 27.7 Å². The fourth-order valence-electron chi connectivity index (χ4n) is 6.13. The number of allylic oxidation sites excluding steroid dienone is 14. The minimum Gasteiger partial charge on any atom is -0.462 e. The topological polar surface area (TPSA) is 108 Å². The highest BCUT2D eigenvalue weighted by Gasteiger charge is 2.27. The van der Waals surface area contributed by atoms with Gasteiger partial charge in [0.25, 0.3) is 0 Å². The van der Waals surface area contributed by atoms with Crippen LogP contribution in [0.3, 0.4) is 0 Å². The summed E-state index contributed by atoms with van der Waals surface area (Å²) in [4.78, 5) is 35.5. The van der Waals surface area contributed by atoms with Gasteiger partial charge >= 0.3 is 19.8 Å². The number of carbonyl (C=O) groups excluding carboxylic acids is 2. The van der Waals surface area contributed by atoms with Gasteiger partial charge in [0.15, 0.2) is 6.10 Å². The lowest BCUT2D eigenvalue weighted by Gasteiger charge is -2.24. The van der Waals surface area contributed by atoms with Crippen molar-refractivity contribution in [2.75, 3.05) is 47.5 Å². The smallest absolute Gasteiger partial charge is 0.462 e. The molecule has 0 amide bonds. The van der Waals surface area contributed by atoms with Crippen LogP contribution in [0.15, 0.2) is 85.1 Å². The Labute approximate surface area is 380 Å². The summed E-state index contributed by atoms with van der Waals surface area (Å²) in [7, 11) is 1.44. The number of carbonyl (C=O) groups is 2. The Hall–Kier alpha value is -2.81. The first-order valence-electron chi connectivity index (χ1n) is 24.3. The Morgan fingerprint density at radius 3 is 1.37 bits per heavy atom. The Balaban J connectivity index is 4.37. The van der Waals surface area contributed by atoms with Crippen molar-refractivity contribution in [3.8, 4) is 0 Å². The molecule has 0 aliphatic rings. The van der Waals surface area contributed by atoms with E-state index in [0.29, 0.717) is 17.4 Å². The van der Waals surface area contributed by atoms with Gasteiger partial charge in [-0.3, -0.25) is 18.6 Å². The van der Waals surface area contributed by atoms with Gasteiger partial charge in [-0.05, 0) is 89.9 Å². The van der Waals surface area contributed by atoms with Crippen LogP contribution >= 0.6 is 7.82 Å². The number of hydrogen-bond donors (Lipinski definition) is 1. The average Bonchev–Trinajstić information content (AvgIpc) is 3.23. The molecule has 0 aromatic heterocycles. The molecule has 0 radical (unpaired) electrons. The summed E-state index contributed by atoms with van der Waals surface area (Å²) in [6, 6.07) is 0. The Bertz CT molecular complexity index is 1330. The monoisotopic (exact) mass is 889 g/mol. The molecular formula is C52H91NO8P+. The van der Waals surface area contributed by atoms with Gasteiger partial charge in [0.2, 0.25) is 0 Å². The number of esters is 2. The highest BCUT2D eigenvalue weighted by Crippen LogP contribution is 2.43. The summed E-state index contributed by atoms with van der Waals surface area (Å²) < 4.78 is 34.4. The van der Waals surface area contributed by atoms with Gasteiger partial charge in [-0.25, -0.2) is 4.57 Å². The van der Waals surface area contributed by atoms with Crippen LogP contribution in [-0.4, -0.2) is 74.9 Å². The van der Waals surface area contributed by atoms with E-state index < -0.39 is 26.5 Å². The molecule has 0 bridgehead atoms. The van der Waals surface area contributed by atoms with E-state index in [1.54, 1.807) is 0 Å². The SMILES string of the molecule is CC/C=C\C/C=C\C/C=C\C/C=C\C/C=C\CCCCCCCC(=O)OC(COC(=O)CCCCCCCCC/C=C\C/C=C\CCCCC)COP(=O)(O)OCC[N+](C)(C)C. The van der Waals surface area contributed by atoms with Crippen molar-refractivity contribution in [3.05, 3.63) is 85.1 Å². The third-order valence-corrected chi connectivity index (χ3v) is 10.9. The number of nitrogens with zero attached hydrogens (tertiary/aromatic N) is 1. The predicted molar refractivity (Wildman–Crippen MR) is 261 cm³/mol. The van der Waals surface area contributed by atoms with Gasteiger partial charge in [-0.1, -0.05) is 163 Å². The number of hydrogen-bond acceptors (Lipinski definition) is 7. The van der Waals surface area contributed by atoms with Crippen LogP contribution in [-0.2, 0) is 32.7 Å². The molecule has 0 saturated carbocycles. The first kappa shape index (κ1) is 59.2. The summed E-state index contributed by atoms with van der Waals surface area (Å²) in [5.74, 6) is -0.835. The third kappa shape index (κ3) is 46.7. The molecule has 0 aliphatic carbocycles. The Morgan fingerprint density at radius 1 is 0.516 bits per heavy atom. The van der Waals surface area contributed by atoms with E-state index in [0.717, 1.165) is 103 Å². The van der Waals surface area contributed by atoms with Crippen LogP contribution in [0.25, 0.3) is 0 Å². The molecule has 0 rings (SSSR count). The zero-order chi connectivity index (χ0) is 45.7. The Kier molecular flexibility index (Phi) is 41.5. The van der Waals surface area contributed by atoms with E-state index in [2.05, 4.69) is 98.9 Å². The van der Waals surface area contributed by atoms with Crippen LogP contribution in [0.4, 0.5) is 0 Å². The zero-order valence-electron chi connectivity index (χ0n) is 40.1. The summed E-state index contributed by atoms with van der Waals surface area (Å²) >= 11 is 0. The lowest BCUT2D eigenvalue weighted by atomic mass is 10.1. The first-order valence-corrected chi connectivity index (χ1v) is 25.8. The van der Waals surface area contributed by atoms with Gasteiger partial charge in [0, 0.05) is 12.8 Å². The zero-order valence-corrected chi connectivity index (χ0v) is 41.0. The van der Waals surface area contributed by atoms with Crippen molar-refractivity contribution < 1.29 is 42.1 Å². The molecule has 356 valence electrons. The van der Waals surface area contributed by atoms with E-state index >= 15 is 0 Å². The second-order valence-electron chi connectivity index (χ2n) is 17.1. The van der Waals surface area contributed by atoms with E-state index in [1.807, 2.05) is 21.1 Å². The van der Waals surface area contributed by atoms with Gasteiger partial charge in [-0.15, -0.1) is 0 Å². The van der Waals surface area contributed by atoms with Crippen molar-refractivity contribution in [2.45, 2.75) is 187 Å². The molecule has 0 aliphatic heterocycles. The standard InChI is InChI=1S/C52H90NO8P/c1-6-8-10-12-14-16-18-20-22-24-25-26-27-29-31-33-35-37-39-41-43-45-52(55)61-50(49-60-62(56,57)59-47-46-53(3,4)5)48-58-51(54)44-42-40-38-36-34-32-30-28-23-21-19-17-15-13-11-9-7-2/h8,10,14-17,20-23,25-26,29,31,50H,6-7,9,11-13,18-19,24,27-28,30,32-49H2,1-5H3/p+1/b10-8-,16-14-,17-15-,22-20-,23-21-,26-25-,31-29-. The number of ether oxygens (including phenoxy) is 2. The maximum absolute atomic E-state index is 12.7. The van der Waals surface area contributed by atoms with Crippen LogP contribution in [0.1, 0.15) is 181 Å². The van der Waals surface area contributed by atoms with Crippen LogP contribution in [0.2, 0.25) is 0 Å².